The predicted octanol–water partition coefficient (Wildman–Crippen LogP) is 18.1. The van der Waals surface area contributed by atoms with Crippen molar-refractivity contribution in [3.8, 4) is 0 Å². The van der Waals surface area contributed by atoms with Crippen molar-refractivity contribution in [2.24, 2.45) is 0 Å². The van der Waals surface area contributed by atoms with Gasteiger partial charge in [0.25, 0.3) is 0 Å². The molecule has 0 amide bonds. The van der Waals surface area contributed by atoms with Gasteiger partial charge in [-0.15, -0.1) is 0 Å². The van der Waals surface area contributed by atoms with Crippen LogP contribution in [0.4, 0.5) is 0 Å². The van der Waals surface area contributed by atoms with E-state index in [4.69, 9.17) is 14.2 Å². The van der Waals surface area contributed by atoms with Crippen molar-refractivity contribution in [3.63, 3.8) is 0 Å². The van der Waals surface area contributed by atoms with E-state index in [0.29, 0.717) is 13.0 Å². The van der Waals surface area contributed by atoms with Crippen LogP contribution in [0.3, 0.4) is 0 Å². The van der Waals surface area contributed by atoms with Crippen molar-refractivity contribution in [2.45, 2.75) is 207 Å². The van der Waals surface area contributed by atoms with Gasteiger partial charge in [0.05, 0.1) is 13.0 Å². The quantitative estimate of drug-likeness (QED) is 0.0346. The van der Waals surface area contributed by atoms with Gasteiger partial charge in [0.15, 0.2) is 6.10 Å². The number of rotatable bonds is 46. The second kappa shape index (κ2) is 55.1. The normalized spacial score (nSPS) is 13.4. The Balaban J connectivity index is 4.54. The number of hydrogen-bond acceptors (Lipinski definition) is 5. The van der Waals surface area contributed by atoms with Gasteiger partial charge in [0, 0.05) is 13.0 Å². The minimum atomic E-state index is -0.621. The molecular formula is C61H96O5. The number of hydrogen-bond donors (Lipinski definition) is 0. The summed E-state index contributed by atoms with van der Waals surface area (Å²) >= 11 is 0. The maximum Gasteiger partial charge on any atom is 0.309 e. The minimum Gasteiger partial charge on any atom is -0.461 e. The van der Waals surface area contributed by atoms with Crippen LogP contribution in [0.5, 0.6) is 0 Å². The molecule has 0 saturated carbocycles. The van der Waals surface area contributed by atoms with Crippen LogP contribution in [0.2, 0.25) is 0 Å². The van der Waals surface area contributed by atoms with Gasteiger partial charge in [-0.3, -0.25) is 9.59 Å². The van der Waals surface area contributed by atoms with E-state index in [1.165, 1.54) is 57.8 Å². The number of allylic oxidation sites excluding steroid dienone is 23. The third-order valence-electron chi connectivity index (χ3n) is 10.4. The fraction of sp³-hybridized carbons (Fsp3) is 0.574. The Bertz CT molecular complexity index is 1450. The van der Waals surface area contributed by atoms with E-state index < -0.39 is 6.10 Å². The Morgan fingerprint density at radius 3 is 1.18 bits per heavy atom. The number of carbonyl (C=O) groups is 2. The summed E-state index contributed by atoms with van der Waals surface area (Å²) in [5, 5.41) is 0. The molecule has 0 aliphatic carbocycles. The molecule has 5 heteroatoms. The average molecular weight is 909 g/mol. The molecule has 0 aromatic rings. The molecule has 0 radical (unpaired) electrons. The van der Waals surface area contributed by atoms with E-state index in [9.17, 15) is 9.59 Å². The molecule has 66 heavy (non-hydrogen) atoms. The highest BCUT2D eigenvalue weighted by Crippen LogP contribution is 2.12. The zero-order chi connectivity index (χ0) is 47.7. The summed E-state index contributed by atoms with van der Waals surface area (Å²) in [6, 6.07) is 0. The van der Waals surface area contributed by atoms with Crippen molar-refractivity contribution in [2.75, 3.05) is 19.8 Å². The third kappa shape index (κ3) is 52.4. The lowest BCUT2D eigenvalue weighted by atomic mass is 10.1. The largest absolute Gasteiger partial charge is 0.461 e. The molecular weight excluding hydrogens is 813 g/mol. The van der Waals surface area contributed by atoms with Gasteiger partial charge >= 0.3 is 11.9 Å². The maximum absolute atomic E-state index is 12.8. The number of carbonyl (C=O) groups excluding carboxylic acids is 2. The average Bonchev–Trinajstić information content (AvgIpc) is 3.32. The predicted molar refractivity (Wildman–Crippen MR) is 288 cm³/mol. The smallest absolute Gasteiger partial charge is 0.309 e. The summed E-state index contributed by atoms with van der Waals surface area (Å²) < 4.78 is 17.2. The van der Waals surface area contributed by atoms with Crippen molar-refractivity contribution in [1.29, 1.82) is 0 Å². The van der Waals surface area contributed by atoms with E-state index in [1.807, 2.05) is 12.2 Å². The maximum atomic E-state index is 12.8. The SMILES string of the molecule is CC/C=C\C/C=C\C/C=C\C/C=C\C/C=C\C/C=C\CCCOCC(COC(=O)C/C=C\C/C=C\C/C=C\C/C=C\C/C=C\CC)OC(=O)CCCCCCC/C=C\CCCCCCCC. The highest BCUT2D eigenvalue weighted by Gasteiger charge is 2.17. The van der Waals surface area contributed by atoms with Crippen molar-refractivity contribution in [1.82, 2.24) is 0 Å². The first-order valence-electron chi connectivity index (χ1n) is 26.4. The molecule has 370 valence electrons. The molecule has 1 unspecified atom stereocenters. The van der Waals surface area contributed by atoms with Gasteiger partial charge in [-0.25, -0.2) is 0 Å². The molecule has 0 aromatic carbocycles. The second-order valence-corrected chi connectivity index (χ2v) is 16.7. The number of unbranched alkanes of at least 4 members (excludes halogenated alkanes) is 12. The van der Waals surface area contributed by atoms with Gasteiger partial charge < -0.3 is 14.2 Å². The van der Waals surface area contributed by atoms with Crippen LogP contribution in [0.25, 0.3) is 0 Å². The molecule has 0 spiro atoms. The molecule has 0 aromatic heterocycles. The van der Waals surface area contributed by atoms with E-state index in [2.05, 4.69) is 154 Å². The van der Waals surface area contributed by atoms with E-state index >= 15 is 0 Å². The van der Waals surface area contributed by atoms with Gasteiger partial charge in [0.2, 0.25) is 0 Å². The van der Waals surface area contributed by atoms with E-state index in [-0.39, 0.29) is 31.6 Å². The van der Waals surface area contributed by atoms with Crippen molar-refractivity contribution < 1.29 is 23.8 Å². The first kappa shape index (κ1) is 61.8. The Kier molecular flexibility index (Phi) is 51.6. The first-order valence-corrected chi connectivity index (χ1v) is 26.4. The Morgan fingerprint density at radius 2 is 0.727 bits per heavy atom. The topological polar surface area (TPSA) is 61.8 Å². The molecule has 5 nitrogen and oxygen atoms in total. The molecule has 0 fully saturated rings. The summed E-state index contributed by atoms with van der Waals surface area (Å²) in [5.74, 6) is -0.597. The van der Waals surface area contributed by atoms with Crippen LogP contribution in [0.1, 0.15) is 201 Å². The van der Waals surface area contributed by atoms with Crippen LogP contribution in [0.15, 0.2) is 146 Å². The highest BCUT2D eigenvalue weighted by atomic mass is 16.6. The van der Waals surface area contributed by atoms with Gasteiger partial charge in [-0.1, -0.05) is 218 Å². The lowest BCUT2D eigenvalue weighted by Crippen LogP contribution is -2.30. The summed E-state index contributed by atoms with van der Waals surface area (Å²) in [6.45, 7) is 7.31. The monoisotopic (exact) mass is 909 g/mol. The molecule has 0 bridgehead atoms. The van der Waals surface area contributed by atoms with Crippen LogP contribution in [-0.4, -0.2) is 37.9 Å². The minimum absolute atomic E-state index is 0.00515. The summed E-state index contributed by atoms with van der Waals surface area (Å²) in [7, 11) is 0. The Hall–Kier alpha value is -4.22. The standard InChI is InChI=1S/C61H96O5/c1-4-7-10-13-16-19-22-25-28-29-30-31-32-35-38-41-44-47-50-53-56-64-57-59(66-61(63)55-52-49-46-43-40-37-34-27-24-21-18-15-12-9-6-3)58-65-60(62)54-51-48-45-42-39-36-33-26-23-20-17-14-11-8-5-2/h7-8,10-11,16-17,19-20,25-28,30-31,33-35,38-39,42,44,47-48,51,59H,4-6,9,12-15,18,21-24,29,32,36-37,40-41,43,45-46,49-50,52-58H2,1-3H3/b10-7-,11-8-,19-16-,20-17-,28-25-,31-30-,33-26-,34-27-,38-35-,42-39-,47-44-,51-48-. The molecule has 1 atom stereocenters. The summed E-state index contributed by atoms with van der Waals surface area (Å²) in [5.41, 5.74) is 0. The fourth-order valence-electron chi connectivity index (χ4n) is 6.53. The van der Waals surface area contributed by atoms with Crippen LogP contribution >= 0.6 is 0 Å². The number of ether oxygens (including phenoxy) is 3. The van der Waals surface area contributed by atoms with Crippen LogP contribution in [0, 0.1) is 0 Å². The fourth-order valence-corrected chi connectivity index (χ4v) is 6.53. The molecule has 0 N–H and O–H groups in total. The molecule has 0 saturated heterocycles. The van der Waals surface area contributed by atoms with Crippen LogP contribution < -0.4 is 0 Å². The second-order valence-electron chi connectivity index (χ2n) is 16.7. The van der Waals surface area contributed by atoms with Crippen molar-refractivity contribution in [3.05, 3.63) is 146 Å². The van der Waals surface area contributed by atoms with E-state index in [1.54, 1.807) is 0 Å². The summed E-state index contributed by atoms with van der Waals surface area (Å²) in [6.07, 6.45) is 80.4. The van der Waals surface area contributed by atoms with Crippen LogP contribution in [-0.2, 0) is 23.8 Å². The van der Waals surface area contributed by atoms with E-state index in [0.717, 1.165) is 109 Å². The molecule has 0 heterocycles. The Labute approximate surface area is 406 Å². The van der Waals surface area contributed by atoms with Gasteiger partial charge in [-0.2, -0.15) is 0 Å². The first-order chi connectivity index (χ1) is 32.6. The van der Waals surface area contributed by atoms with Gasteiger partial charge in [-0.05, 0) is 116 Å². The number of esters is 2. The molecule has 0 aliphatic rings. The lowest BCUT2D eigenvalue weighted by molar-refractivity contribution is -0.162. The zero-order valence-electron chi connectivity index (χ0n) is 42.4. The Morgan fingerprint density at radius 1 is 0.364 bits per heavy atom. The van der Waals surface area contributed by atoms with Gasteiger partial charge in [0.1, 0.15) is 6.61 Å². The third-order valence-corrected chi connectivity index (χ3v) is 10.4. The van der Waals surface area contributed by atoms with Crippen molar-refractivity contribution >= 4 is 11.9 Å². The lowest BCUT2D eigenvalue weighted by Gasteiger charge is -2.18. The summed E-state index contributed by atoms with van der Waals surface area (Å²) in [4.78, 5) is 25.4. The zero-order valence-corrected chi connectivity index (χ0v) is 42.4. The molecule has 0 aliphatic heterocycles. The highest BCUT2D eigenvalue weighted by molar-refractivity contribution is 5.71. The molecule has 0 rings (SSSR count).